The Kier molecular flexibility index (Phi) is 5.66. The maximum absolute atomic E-state index is 13.9. The Balaban J connectivity index is 2.44. The van der Waals surface area contributed by atoms with Crippen molar-refractivity contribution in [1.82, 2.24) is 4.57 Å². The first-order chi connectivity index (χ1) is 12.1. The molecule has 1 heterocycles. The molecule has 0 aliphatic carbocycles. The number of carbonyl (C=O) groups excluding carboxylic acids is 1. The number of rotatable bonds is 5. The van der Waals surface area contributed by atoms with Gasteiger partial charge in [-0.2, -0.15) is 0 Å². The van der Waals surface area contributed by atoms with E-state index in [-0.39, 0.29) is 22.0 Å². The quantitative estimate of drug-likeness (QED) is 0.689. The molecule has 138 valence electrons. The van der Waals surface area contributed by atoms with Crippen LogP contribution >= 0.6 is 11.6 Å². The number of benzene rings is 1. The van der Waals surface area contributed by atoms with Gasteiger partial charge < -0.3 is 16.2 Å². The Morgan fingerprint density at radius 3 is 2.50 bits per heavy atom. The predicted molar refractivity (Wildman–Crippen MR) is 96.0 cm³/mol. The number of nitrogens with zero attached hydrogens (tertiary/aromatic N) is 1. The molecule has 4 N–H and O–H groups in total. The van der Waals surface area contributed by atoms with Crippen LogP contribution in [0.4, 0.5) is 15.8 Å². The average molecular weight is 382 g/mol. The number of amides is 1. The van der Waals surface area contributed by atoms with E-state index in [0.29, 0.717) is 0 Å². The maximum Gasteiger partial charge on any atom is 0.327 e. The summed E-state index contributed by atoms with van der Waals surface area (Å²) in [6.45, 7) is 3.18. The molecule has 2 aromatic rings. The minimum Gasteiger partial charge on any atom is -0.480 e. The molecule has 0 saturated carbocycles. The number of anilines is 2. The lowest BCUT2D eigenvalue weighted by Gasteiger charge is -2.20. The zero-order chi connectivity index (χ0) is 19.6. The Hall–Kier alpha value is -2.87. The first-order valence-electron chi connectivity index (χ1n) is 7.62. The van der Waals surface area contributed by atoms with Crippen LogP contribution in [0.3, 0.4) is 0 Å². The van der Waals surface area contributed by atoms with Crippen LogP contribution in [-0.2, 0) is 4.79 Å². The van der Waals surface area contributed by atoms with Crippen LogP contribution in [0.15, 0.2) is 35.3 Å². The summed E-state index contributed by atoms with van der Waals surface area (Å²) in [7, 11) is 0. The van der Waals surface area contributed by atoms with Crippen LogP contribution < -0.4 is 16.6 Å². The number of hydrogen-bond acceptors (Lipinski definition) is 4. The van der Waals surface area contributed by atoms with Crippen molar-refractivity contribution in [1.29, 1.82) is 0 Å². The Bertz CT molecular complexity index is 927. The number of halogens is 2. The molecule has 0 saturated heterocycles. The second-order valence-electron chi connectivity index (χ2n) is 6.00. The van der Waals surface area contributed by atoms with Gasteiger partial charge in [0.05, 0.1) is 10.7 Å². The zero-order valence-electron chi connectivity index (χ0n) is 14.0. The van der Waals surface area contributed by atoms with Crippen LogP contribution in [0.5, 0.6) is 0 Å². The molecular formula is C17H17ClFN3O4. The summed E-state index contributed by atoms with van der Waals surface area (Å²) in [5, 5.41) is 11.8. The topological polar surface area (TPSA) is 114 Å². The van der Waals surface area contributed by atoms with E-state index in [0.717, 1.165) is 16.8 Å². The normalized spacial score (nSPS) is 12.0. The Labute approximate surface area is 153 Å². The zero-order valence-corrected chi connectivity index (χ0v) is 14.7. The molecule has 26 heavy (non-hydrogen) atoms. The monoisotopic (exact) mass is 381 g/mol. The number of carbonyl (C=O) groups is 2. The number of hydrogen-bond donors (Lipinski definition) is 3. The van der Waals surface area contributed by atoms with E-state index in [9.17, 15) is 23.9 Å². The minimum absolute atomic E-state index is 0.109. The summed E-state index contributed by atoms with van der Waals surface area (Å²) in [5.74, 6) is -3.33. The molecule has 0 spiro atoms. The summed E-state index contributed by atoms with van der Waals surface area (Å²) < 4.78 is 14.7. The second-order valence-corrected chi connectivity index (χ2v) is 6.41. The van der Waals surface area contributed by atoms with Gasteiger partial charge in [0.1, 0.15) is 17.5 Å². The van der Waals surface area contributed by atoms with Crippen LogP contribution in [-0.4, -0.2) is 21.6 Å². The van der Waals surface area contributed by atoms with Gasteiger partial charge >= 0.3 is 5.97 Å². The third-order valence-electron chi connectivity index (χ3n) is 3.70. The number of nitrogens with two attached hydrogens (primary N) is 1. The van der Waals surface area contributed by atoms with E-state index in [1.54, 1.807) is 13.8 Å². The molecule has 9 heteroatoms. The van der Waals surface area contributed by atoms with Gasteiger partial charge in [-0.05, 0) is 24.1 Å². The van der Waals surface area contributed by atoms with E-state index in [4.69, 9.17) is 17.3 Å². The van der Waals surface area contributed by atoms with Crippen molar-refractivity contribution < 1.29 is 19.1 Å². The van der Waals surface area contributed by atoms with Gasteiger partial charge in [-0.25, -0.2) is 9.18 Å². The third kappa shape index (κ3) is 4.02. The number of carboxylic acids is 1. The van der Waals surface area contributed by atoms with Crippen LogP contribution in [0, 0.1) is 11.7 Å². The van der Waals surface area contributed by atoms with Gasteiger partial charge in [0, 0.05) is 17.8 Å². The Morgan fingerprint density at radius 1 is 1.31 bits per heavy atom. The van der Waals surface area contributed by atoms with E-state index in [2.05, 4.69) is 5.32 Å². The van der Waals surface area contributed by atoms with E-state index in [1.807, 2.05) is 0 Å². The van der Waals surface area contributed by atoms with Crippen molar-refractivity contribution in [3.05, 3.63) is 57.2 Å². The molecule has 0 bridgehead atoms. The van der Waals surface area contributed by atoms with Gasteiger partial charge in [-0.3, -0.25) is 14.2 Å². The van der Waals surface area contributed by atoms with E-state index < -0.39 is 35.2 Å². The highest BCUT2D eigenvalue weighted by Crippen LogP contribution is 2.21. The first-order valence-corrected chi connectivity index (χ1v) is 8.00. The van der Waals surface area contributed by atoms with E-state index in [1.165, 1.54) is 18.2 Å². The van der Waals surface area contributed by atoms with Crippen molar-refractivity contribution in [3.8, 4) is 0 Å². The largest absolute Gasteiger partial charge is 0.480 e. The molecule has 1 aromatic heterocycles. The number of carboxylic acid groups (broad SMARTS) is 1. The average Bonchev–Trinajstić information content (AvgIpc) is 2.53. The van der Waals surface area contributed by atoms with Gasteiger partial charge in [0.2, 0.25) is 0 Å². The summed E-state index contributed by atoms with van der Waals surface area (Å²) in [4.78, 5) is 36.3. The van der Waals surface area contributed by atoms with Crippen LogP contribution in [0.25, 0.3) is 0 Å². The molecule has 7 nitrogen and oxygen atoms in total. The summed E-state index contributed by atoms with van der Waals surface area (Å²) in [6, 6.07) is 3.66. The van der Waals surface area contributed by atoms with Crippen molar-refractivity contribution in [2.45, 2.75) is 19.9 Å². The maximum atomic E-state index is 13.9. The number of aliphatic carboxylic acids is 1. The summed E-state index contributed by atoms with van der Waals surface area (Å²) in [5.41, 5.74) is 4.75. The van der Waals surface area contributed by atoms with Gasteiger partial charge in [-0.1, -0.05) is 25.4 Å². The van der Waals surface area contributed by atoms with Crippen molar-refractivity contribution in [2.75, 3.05) is 11.1 Å². The third-order valence-corrected chi connectivity index (χ3v) is 4.03. The summed E-state index contributed by atoms with van der Waals surface area (Å²) in [6.07, 6.45) is 0.802. The van der Waals surface area contributed by atoms with Gasteiger partial charge in [-0.15, -0.1) is 0 Å². The molecule has 0 fully saturated rings. The molecule has 2 rings (SSSR count). The second kappa shape index (κ2) is 7.57. The standard InChI is InChI=1S/C17H17ClFN3O4/c1-8(2)14(17(25)26)22-7-10(19)6-13(16(22)24)21-15(23)9-3-4-12(20)11(18)5-9/h3-8,14H,20H2,1-2H3,(H,21,23)(H,25,26). The first kappa shape index (κ1) is 19.5. The molecule has 1 atom stereocenters. The minimum atomic E-state index is -1.28. The molecule has 1 unspecified atom stereocenters. The number of nitrogens with one attached hydrogen (secondary N) is 1. The Morgan fingerprint density at radius 2 is 1.96 bits per heavy atom. The summed E-state index contributed by atoms with van der Waals surface area (Å²) >= 11 is 5.86. The number of aromatic nitrogens is 1. The fourth-order valence-corrected chi connectivity index (χ4v) is 2.63. The smallest absolute Gasteiger partial charge is 0.327 e. The number of pyridine rings is 1. The highest BCUT2D eigenvalue weighted by Gasteiger charge is 2.26. The fourth-order valence-electron chi connectivity index (χ4n) is 2.45. The number of nitrogen functional groups attached to an aromatic ring is 1. The van der Waals surface area contributed by atoms with Crippen molar-refractivity contribution >= 4 is 34.9 Å². The van der Waals surface area contributed by atoms with Crippen molar-refractivity contribution in [3.63, 3.8) is 0 Å². The highest BCUT2D eigenvalue weighted by molar-refractivity contribution is 6.33. The molecule has 0 radical (unpaired) electrons. The van der Waals surface area contributed by atoms with Gasteiger partial charge in [0.15, 0.2) is 0 Å². The van der Waals surface area contributed by atoms with Gasteiger partial charge in [0.25, 0.3) is 11.5 Å². The molecule has 0 aliphatic heterocycles. The van der Waals surface area contributed by atoms with Crippen molar-refractivity contribution in [2.24, 2.45) is 5.92 Å². The lowest BCUT2D eigenvalue weighted by atomic mass is 10.0. The molecular weight excluding hydrogens is 365 g/mol. The van der Waals surface area contributed by atoms with Crippen LogP contribution in [0.1, 0.15) is 30.2 Å². The predicted octanol–water partition coefficient (Wildman–Crippen LogP) is 2.76. The highest BCUT2D eigenvalue weighted by atomic mass is 35.5. The lowest BCUT2D eigenvalue weighted by Crippen LogP contribution is -2.35. The fraction of sp³-hybridized carbons (Fsp3) is 0.235. The molecule has 1 amide bonds. The van der Waals surface area contributed by atoms with E-state index >= 15 is 0 Å². The SMILES string of the molecule is CC(C)C(C(=O)O)n1cc(F)cc(NC(=O)c2ccc(N)c(Cl)c2)c1=O. The van der Waals surface area contributed by atoms with Crippen LogP contribution in [0.2, 0.25) is 5.02 Å². The molecule has 0 aliphatic rings. The lowest BCUT2D eigenvalue weighted by molar-refractivity contribution is -0.142. The molecule has 1 aromatic carbocycles.